The average Bonchev–Trinajstić information content (AvgIpc) is 3.11. The van der Waals surface area contributed by atoms with E-state index >= 15 is 0 Å². The number of cyclic esters (lactones) is 1. The number of rotatable bonds is 7. The van der Waals surface area contributed by atoms with Crippen LogP contribution in [-0.2, 0) is 23.9 Å². The Morgan fingerprint density at radius 3 is 2.66 bits per heavy atom. The van der Waals surface area contributed by atoms with E-state index in [2.05, 4.69) is 0 Å². The van der Waals surface area contributed by atoms with E-state index in [-0.39, 0.29) is 31.1 Å². The highest BCUT2D eigenvalue weighted by Crippen LogP contribution is 2.53. The number of hydrogen-bond donors (Lipinski definition) is 1. The number of amides is 2. The number of nitrogens with zero attached hydrogens (tertiary/aromatic N) is 2. The van der Waals surface area contributed by atoms with Crippen LogP contribution in [0.3, 0.4) is 0 Å². The number of fused-ring (bicyclic) bond motifs is 2. The van der Waals surface area contributed by atoms with E-state index in [1.54, 1.807) is 9.80 Å². The first-order chi connectivity index (χ1) is 15.4. The van der Waals surface area contributed by atoms with Gasteiger partial charge in [0.25, 0.3) is 0 Å². The molecule has 4 aliphatic rings. The molecule has 8 heteroatoms. The van der Waals surface area contributed by atoms with E-state index < -0.39 is 35.6 Å². The summed E-state index contributed by atoms with van der Waals surface area (Å²) in [6.45, 7) is 5.21. The highest BCUT2D eigenvalue weighted by atomic mass is 16.6. The van der Waals surface area contributed by atoms with Crippen molar-refractivity contribution < 1.29 is 29.0 Å². The fraction of sp³-hybridized carbons (Fsp3) is 0.708. The van der Waals surface area contributed by atoms with Crippen molar-refractivity contribution in [2.24, 2.45) is 11.8 Å². The minimum Gasteiger partial charge on any atom is -0.465 e. The standard InChI is InChI=1S/C24H34N2O6/c1-16(2)25-13-9-11-24-19(18-17(32-24)10-5-8-15-31-23(18)30)21(28)26(20(24)22(25)29)12-6-3-4-7-14-27/h5,9-11,16-20,27H,3-4,6-8,12-15H2,1-2H3/t17-,18?,19+,20-,24?/m1/s1. The zero-order valence-electron chi connectivity index (χ0n) is 18.9. The van der Waals surface area contributed by atoms with Gasteiger partial charge in [0.2, 0.25) is 11.8 Å². The van der Waals surface area contributed by atoms with Gasteiger partial charge in [-0.3, -0.25) is 14.4 Å². The van der Waals surface area contributed by atoms with Gasteiger partial charge in [0.1, 0.15) is 17.6 Å². The molecule has 176 valence electrons. The van der Waals surface area contributed by atoms with Crippen molar-refractivity contribution in [1.29, 1.82) is 0 Å². The lowest BCUT2D eigenvalue weighted by atomic mass is 9.77. The fourth-order valence-electron chi connectivity index (χ4n) is 5.58. The van der Waals surface area contributed by atoms with Gasteiger partial charge in [-0.2, -0.15) is 0 Å². The molecule has 1 spiro atoms. The maximum atomic E-state index is 13.8. The van der Waals surface area contributed by atoms with Gasteiger partial charge in [0.15, 0.2) is 0 Å². The van der Waals surface area contributed by atoms with Crippen LogP contribution < -0.4 is 0 Å². The summed E-state index contributed by atoms with van der Waals surface area (Å²) in [5, 5.41) is 9.02. The largest absolute Gasteiger partial charge is 0.465 e. The zero-order valence-corrected chi connectivity index (χ0v) is 18.9. The molecule has 0 saturated carbocycles. The maximum Gasteiger partial charge on any atom is 0.312 e. The van der Waals surface area contributed by atoms with Crippen LogP contribution in [0.25, 0.3) is 0 Å². The number of carbonyl (C=O) groups is 3. The molecule has 4 heterocycles. The van der Waals surface area contributed by atoms with Crippen LogP contribution in [0.5, 0.6) is 0 Å². The average molecular weight is 447 g/mol. The van der Waals surface area contributed by atoms with Gasteiger partial charge in [-0.05, 0) is 33.1 Å². The van der Waals surface area contributed by atoms with Gasteiger partial charge in [-0.1, -0.05) is 37.1 Å². The molecule has 0 aromatic heterocycles. The predicted molar refractivity (Wildman–Crippen MR) is 116 cm³/mol. The van der Waals surface area contributed by atoms with Crippen molar-refractivity contribution in [2.45, 2.75) is 69.7 Å². The van der Waals surface area contributed by atoms with Gasteiger partial charge in [0, 0.05) is 25.7 Å². The minimum atomic E-state index is -1.17. The summed E-state index contributed by atoms with van der Waals surface area (Å²) in [6.07, 6.45) is 10.7. The molecule has 5 atom stereocenters. The molecule has 2 unspecified atom stereocenters. The molecule has 32 heavy (non-hydrogen) atoms. The second-order valence-electron chi connectivity index (χ2n) is 9.38. The van der Waals surface area contributed by atoms with E-state index in [0.717, 1.165) is 25.7 Å². The van der Waals surface area contributed by atoms with Crippen LogP contribution in [0, 0.1) is 11.8 Å². The van der Waals surface area contributed by atoms with E-state index in [1.165, 1.54) is 0 Å². The Kier molecular flexibility index (Phi) is 6.72. The lowest BCUT2D eigenvalue weighted by Crippen LogP contribution is -2.56. The van der Waals surface area contributed by atoms with Crippen LogP contribution in [0.2, 0.25) is 0 Å². The van der Waals surface area contributed by atoms with Gasteiger partial charge in [0.05, 0.1) is 18.6 Å². The van der Waals surface area contributed by atoms with Gasteiger partial charge in [-0.15, -0.1) is 0 Å². The number of unbranched alkanes of at least 4 members (excludes halogenated alkanes) is 3. The first-order valence-electron chi connectivity index (χ1n) is 11.8. The number of esters is 1. The molecule has 0 aromatic carbocycles. The molecule has 0 aromatic rings. The molecule has 2 amide bonds. The molecular weight excluding hydrogens is 412 g/mol. The summed E-state index contributed by atoms with van der Waals surface area (Å²) < 4.78 is 11.9. The highest BCUT2D eigenvalue weighted by molar-refractivity contribution is 5.99. The molecule has 4 rings (SSSR count). The van der Waals surface area contributed by atoms with Crippen molar-refractivity contribution in [3.05, 3.63) is 24.3 Å². The zero-order chi connectivity index (χ0) is 22.9. The molecule has 0 radical (unpaired) electrons. The molecule has 0 bridgehead atoms. The van der Waals surface area contributed by atoms with Crippen molar-refractivity contribution in [3.63, 3.8) is 0 Å². The van der Waals surface area contributed by atoms with Crippen molar-refractivity contribution in [1.82, 2.24) is 9.80 Å². The maximum absolute atomic E-state index is 13.8. The molecule has 1 N–H and O–H groups in total. The van der Waals surface area contributed by atoms with E-state index in [1.807, 2.05) is 38.2 Å². The van der Waals surface area contributed by atoms with Crippen molar-refractivity contribution >= 4 is 17.8 Å². The Morgan fingerprint density at radius 2 is 1.91 bits per heavy atom. The summed E-state index contributed by atoms with van der Waals surface area (Å²) in [6, 6.07) is -0.823. The third-order valence-corrected chi connectivity index (χ3v) is 7.08. The lowest BCUT2D eigenvalue weighted by molar-refractivity contribution is -0.155. The van der Waals surface area contributed by atoms with Crippen molar-refractivity contribution in [2.75, 3.05) is 26.3 Å². The molecular formula is C24H34N2O6. The van der Waals surface area contributed by atoms with Crippen LogP contribution in [0.15, 0.2) is 24.3 Å². The quantitative estimate of drug-likeness (QED) is 0.361. The second-order valence-corrected chi connectivity index (χ2v) is 9.38. The topological polar surface area (TPSA) is 96.4 Å². The molecule has 0 aliphatic carbocycles. The van der Waals surface area contributed by atoms with Crippen molar-refractivity contribution in [3.8, 4) is 0 Å². The molecule has 4 aliphatic heterocycles. The number of likely N-dealkylation sites (tertiary alicyclic amines) is 1. The Bertz CT molecular complexity index is 808. The minimum absolute atomic E-state index is 0.0252. The summed E-state index contributed by atoms with van der Waals surface area (Å²) in [7, 11) is 0. The first kappa shape index (κ1) is 23.0. The van der Waals surface area contributed by atoms with E-state index in [4.69, 9.17) is 14.6 Å². The van der Waals surface area contributed by atoms with Crippen LogP contribution in [-0.4, -0.2) is 82.8 Å². The predicted octanol–water partition coefficient (Wildman–Crippen LogP) is 1.43. The number of ether oxygens (including phenoxy) is 2. The third kappa shape index (κ3) is 3.77. The lowest BCUT2D eigenvalue weighted by Gasteiger charge is -2.36. The summed E-state index contributed by atoms with van der Waals surface area (Å²) in [4.78, 5) is 43.9. The number of hydrogen-bond acceptors (Lipinski definition) is 6. The number of aliphatic hydroxyl groups excluding tert-OH is 1. The fourth-order valence-corrected chi connectivity index (χ4v) is 5.58. The van der Waals surface area contributed by atoms with Crippen LogP contribution in [0.4, 0.5) is 0 Å². The number of aliphatic hydroxyl groups is 1. The van der Waals surface area contributed by atoms with Gasteiger partial charge >= 0.3 is 5.97 Å². The molecule has 2 fully saturated rings. The highest BCUT2D eigenvalue weighted by Gasteiger charge is 2.71. The Labute approximate surface area is 189 Å². The molecule has 8 nitrogen and oxygen atoms in total. The SMILES string of the molecule is CC(C)N1CC=CC23O[C@@H]4C=CCCOC(=O)C4[C@H]2C(=O)N(CCCCCCO)[C@@H]3C1=O. The summed E-state index contributed by atoms with van der Waals surface area (Å²) in [5.41, 5.74) is -1.17. The smallest absolute Gasteiger partial charge is 0.312 e. The summed E-state index contributed by atoms with van der Waals surface area (Å²) >= 11 is 0. The van der Waals surface area contributed by atoms with Gasteiger partial charge in [-0.25, -0.2) is 0 Å². The third-order valence-electron chi connectivity index (χ3n) is 7.08. The van der Waals surface area contributed by atoms with Crippen LogP contribution in [0.1, 0.15) is 46.0 Å². The first-order valence-corrected chi connectivity index (χ1v) is 11.8. The van der Waals surface area contributed by atoms with Crippen LogP contribution >= 0.6 is 0 Å². The Morgan fingerprint density at radius 1 is 1.12 bits per heavy atom. The number of carbonyl (C=O) groups excluding carboxylic acids is 3. The van der Waals surface area contributed by atoms with E-state index in [0.29, 0.717) is 19.5 Å². The second kappa shape index (κ2) is 9.35. The monoisotopic (exact) mass is 446 g/mol. The normalized spacial score (nSPS) is 34.2. The van der Waals surface area contributed by atoms with Gasteiger partial charge < -0.3 is 24.4 Å². The molecule has 2 saturated heterocycles. The Balaban J connectivity index is 1.71. The van der Waals surface area contributed by atoms with E-state index in [9.17, 15) is 14.4 Å². The Hall–Kier alpha value is -2.19. The summed E-state index contributed by atoms with van der Waals surface area (Å²) in [5.74, 6) is -2.31.